The van der Waals surface area contributed by atoms with Crippen LogP contribution in [0.4, 0.5) is 5.69 Å². The van der Waals surface area contributed by atoms with E-state index in [4.69, 9.17) is 5.73 Å². The van der Waals surface area contributed by atoms with Crippen molar-refractivity contribution in [2.75, 3.05) is 18.0 Å². The highest BCUT2D eigenvalue weighted by Crippen LogP contribution is 2.18. The summed E-state index contributed by atoms with van der Waals surface area (Å²) in [6.07, 6.45) is 2.21. The molecule has 1 aromatic carbocycles. The molecule has 0 aliphatic heterocycles. The lowest BCUT2D eigenvalue weighted by Crippen LogP contribution is -2.61. The van der Waals surface area contributed by atoms with E-state index in [1.165, 1.54) is 0 Å². The Bertz CT molecular complexity index is 433. The van der Waals surface area contributed by atoms with Gasteiger partial charge in [-0.05, 0) is 39.3 Å². The molecule has 1 atom stereocenters. The molecule has 0 heterocycles. The number of unbranched alkanes of at least 4 members (excludes halogenated alkanes) is 1. The molecule has 1 aromatic rings. The number of carbonyl (C=O) groups excluding carboxylic acids is 1. The van der Waals surface area contributed by atoms with Gasteiger partial charge in [0.1, 0.15) is 5.54 Å². The van der Waals surface area contributed by atoms with Gasteiger partial charge in [0.25, 0.3) is 0 Å². The number of amides is 1. The van der Waals surface area contributed by atoms with Crippen LogP contribution in [-0.4, -0.2) is 30.6 Å². The number of nitrogens with two attached hydrogens (primary N) is 1. The second-order valence-corrected chi connectivity index (χ2v) is 6.11. The summed E-state index contributed by atoms with van der Waals surface area (Å²) in [5.74, 6) is -0.311. The van der Waals surface area contributed by atoms with Crippen LogP contribution in [0.5, 0.6) is 0 Å². The summed E-state index contributed by atoms with van der Waals surface area (Å²) in [6, 6.07) is 10.4. The number of nitrogens with one attached hydrogen (secondary N) is 1. The minimum atomic E-state index is -0.738. The zero-order chi connectivity index (χ0) is 15.9. The van der Waals surface area contributed by atoms with Crippen molar-refractivity contribution in [3.63, 3.8) is 0 Å². The average molecular weight is 291 g/mol. The van der Waals surface area contributed by atoms with Gasteiger partial charge in [-0.1, -0.05) is 31.5 Å². The van der Waals surface area contributed by atoms with Gasteiger partial charge in [0, 0.05) is 24.8 Å². The minimum absolute atomic E-state index is 0.200. The van der Waals surface area contributed by atoms with Gasteiger partial charge in [-0.3, -0.25) is 10.1 Å². The smallest absolute Gasteiger partial charge is 0.239 e. The van der Waals surface area contributed by atoms with Crippen LogP contribution < -0.4 is 16.0 Å². The van der Waals surface area contributed by atoms with Crippen LogP contribution in [-0.2, 0) is 4.79 Å². The molecular weight excluding hydrogens is 262 g/mol. The van der Waals surface area contributed by atoms with Crippen molar-refractivity contribution in [3.8, 4) is 0 Å². The Balaban J connectivity index is 2.95. The fourth-order valence-corrected chi connectivity index (χ4v) is 2.50. The van der Waals surface area contributed by atoms with Crippen LogP contribution in [0, 0.1) is 0 Å². The van der Waals surface area contributed by atoms with Gasteiger partial charge in [-0.15, -0.1) is 0 Å². The molecule has 0 radical (unpaired) electrons. The Hall–Kier alpha value is -1.55. The van der Waals surface area contributed by atoms with Crippen LogP contribution in [0.1, 0.15) is 40.5 Å². The molecule has 0 spiro atoms. The van der Waals surface area contributed by atoms with Gasteiger partial charge in [0.05, 0.1) is 0 Å². The highest BCUT2D eigenvalue weighted by atomic mass is 16.1. The van der Waals surface area contributed by atoms with Gasteiger partial charge in [0.2, 0.25) is 5.91 Å². The molecule has 0 bridgehead atoms. The Morgan fingerprint density at radius 3 is 2.43 bits per heavy atom. The van der Waals surface area contributed by atoms with E-state index >= 15 is 0 Å². The first-order valence-electron chi connectivity index (χ1n) is 7.76. The zero-order valence-corrected chi connectivity index (χ0v) is 13.7. The molecule has 0 aliphatic carbocycles. The third-order valence-electron chi connectivity index (χ3n) is 3.56. The first kappa shape index (κ1) is 17.5. The van der Waals surface area contributed by atoms with Crippen LogP contribution in [0.2, 0.25) is 0 Å². The maximum atomic E-state index is 11.9. The number of nitrogens with zero attached hydrogens (tertiary/aromatic N) is 1. The van der Waals surface area contributed by atoms with E-state index < -0.39 is 5.54 Å². The summed E-state index contributed by atoms with van der Waals surface area (Å²) in [5.41, 5.74) is 6.04. The van der Waals surface area contributed by atoms with Crippen molar-refractivity contribution >= 4 is 11.6 Å². The van der Waals surface area contributed by atoms with Crippen molar-refractivity contribution in [2.24, 2.45) is 5.73 Å². The van der Waals surface area contributed by atoms with Crippen LogP contribution in [0.25, 0.3) is 0 Å². The number of primary amides is 1. The molecule has 21 heavy (non-hydrogen) atoms. The molecular formula is C17H29N3O. The second-order valence-electron chi connectivity index (χ2n) is 6.11. The third kappa shape index (κ3) is 5.38. The van der Waals surface area contributed by atoms with Crippen LogP contribution >= 0.6 is 0 Å². The normalized spacial score (nSPS) is 14.0. The topological polar surface area (TPSA) is 58.4 Å². The summed E-state index contributed by atoms with van der Waals surface area (Å²) >= 11 is 0. The van der Waals surface area contributed by atoms with E-state index in [1.54, 1.807) is 0 Å². The molecule has 1 amide bonds. The summed E-state index contributed by atoms with van der Waals surface area (Å²) in [7, 11) is 0. The number of rotatable bonds is 9. The molecule has 0 aromatic heterocycles. The van der Waals surface area contributed by atoms with Crippen LogP contribution in [0.3, 0.4) is 0 Å². The highest BCUT2D eigenvalue weighted by molar-refractivity contribution is 5.85. The lowest BCUT2D eigenvalue weighted by molar-refractivity contribution is -0.123. The molecule has 4 nitrogen and oxygen atoms in total. The van der Waals surface area contributed by atoms with Crippen molar-refractivity contribution in [1.82, 2.24) is 5.32 Å². The van der Waals surface area contributed by atoms with Gasteiger partial charge in [0.15, 0.2) is 0 Å². The summed E-state index contributed by atoms with van der Waals surface area (Å²) in [4.78, 5) is 14.2. The molecule has 118 valence electrons. The van der Waals surface area contributed by atoms with Crippen molar-refractivity contribution in [3.05, 3.63) is 30.3 Å². The number of carbonyl (C=O) groups is 1. The predicted molar refractivity (Wildman–Crippen MR) is 89.4 cm³/mol. The lowest BCUT2D eigenvalue weighted by atomic mass is 9.98. The number of para-hydroxylation sites is 1. The molecule has 0 fully saturated rings. The quantitative estimate of drug-likeness (QED) is 0.735. The molecule has 4 heteroatoms. The van der Waals surface area contributed by atoms with Gasteiger partial charge in [-0.25, -0.2) is 0 Å². The van der Waals surface area contributed by atoms with Gasteiger partial charge >= 0.3 is 0 Å². The number of hydrogen-bond acceptors (Lipinski definition) is 3. The number of hydrogen-bond donors (Lipinski definition) is 2. The molecule has 0 saturated heterocycles. The fraction of sp³-hybridized carbons (Fsp3) is 0.588. The van der Waals surface area contributed by atoms with E-state index in [-0.39, 0.29) is 11.9 Å². The first-order chi connectivity index (χ1) is 9.89. The van der Waals surface area contributed by atoms with Crippen molar-refractivity contribution < 1.29 is 4.79 Å². The first-order valence-corrected chi connectivity index (χ1v) is 7.76. The van der Waals surface area contributed by atoms with E-state index in [0.717, 1.165) is 25.1 Å². The third-order valence-corrected chi connectivity index (χ3v) is 3.56. The second kappa shape index (κ2) is 8.03. The molecule has 0 saturated carbocycles. The number of benzene rings is 1. The molecule has 3 N–H and O–H groups in total. The molecule has 1 rings (SSSR count). The van der Waals surface area contributed by atoms with E-state index in [0.29, 0.717) is 6.54 Å². The van der Waals surface area contributed by atoms with E-state index in [2.05, 4.69) is 29.3 Å². The zero-order valence-electron chi connectivity index (χ0n) is 13.7. The summed E-state index contributed by atoms with van der Waals surface area (Å²) in [5, 5.41) is 3.32. The lowest BCUT2D eigenvalue weighted by Gasteiger charge is -2.36. The maximum absolute atomic E-state index is 11.9. The highest BCUT2D eigenvalue weighted by Gasteiger charge is 2.33. The standard InChI is InChI=1S/C17H29N3O/c1-5-6-12-20(15-10-8-7-9-11-15)13-17(4,16(18)21)19-14(2)3/h7-11,14,19H,5-6,12-13H2,1-4H3,(H2,18,21). The monoisotopic (exact) mass is 291 g/mol. The Morgan fingerprint density at radius 2 is 1.95 bits per heavy atom. The van der Waals surface area contributed by atoms with Crippen LogP contribution in [0.15, 0.2) is 30.3 Å². The summed E-state index contributed by atoms with van der Waals surface area (Å²) < 4.78 is 0. The maximum Gasteiger partial charge on any atom is 0.239 e. The summed E-state index contributed by atoms with van der Waals surface area (Å²) in [6.45, 7) is 9.61. The van der Waals surface area contributed by atoms with Crippen molar-refractivity contribution in [1.29, 1.82) is 0 Å². The Morgan fingerprint density at radius 1 is 1.33 bits per heavy atom. The minimum Gasteiger partial charge on any atom is -0.369 e. The average Bonchev–Trinajstić information content (AvgIpc) is 2.43. The van der Waals surface area contributed by atoms with Gasteiger partial charge in [-0.2, -0.15) is 0 Å². The Labute approximate surface area is 128 Å². The molecule has 0 aliphatic rings. The predicted octanol–water partition coefficient (Wildman–Crippen LogP) is 2.54. The fourth-order valence-electron chi connectivity index (χ4n) is 2.50. The SMILES string of the molecule is CCCCN(CC(C)(NC(C)C)C(N)=O)c1ccccc1. The van der Waals surface area contributed by atoms with E-state index in [9.17, 15) is 4.79 Å². The Kier molecular flexibility index (Phi) is 6.69. The van der Waals surface area contributed by atoms with Crippen molar-refractivity contribution in [2.45, 2.75) is 52.1 Å². The molecule has 1 unspecified atom stereocenters. The van der Waals surface area contributed by atoms with Gasteiger partial charge < -0.3 is 10.6 Å². The number of anilines is 1. The largest absolute Gasteiger partial charge is 0.369 e. The van der Waals surface area contributed by atoms with E-state index in [1.807, 2.05) is 39.0 Å².